The Morgan fingerprint density at radius 3 is 2.75 bits per heavy atom. The van der Waals surface area contributed by atoms with E-state index in [0.717, 1.165) is 31.0 Å². The fourth-order valence-electron chi connectivity index (χ4n) is 4.48. The van der Waals surface area contributed by atoms with E-state index in [1.54, 1.807) is 0 Å². The first-order valence-electron chi connectivity index (χ1n) is 8.78. The number of amides is 1. The summed E-state index contributed by atoms with van der Waals surface area (Å²) >= 11 is 5.97. The lowest BCUT2D eigenvalue weighted by Crippen LogP contribution is -2.47. The molecule has 0 radical (unpaired) electrons. The highest BCUT2D eigenvalue weighted by atomic mass is 35.5. The van der Waals surface area contributed by atoms with Gasteiger partial charge in [0.05, 0.1) is 6.04 Å². The Hall–Kier alpha value is -1.33. The summed E-state index contributed by atoms with van der Waals surface area (Å²) in [6, 6.07) is 7.79. The van der Waals surface area contributed by atoms with Crippen molar-refractivity contribution >= 4 is 23.2 Å². The molecule has 3 aliphatic rings. The SMILES string of the molecule is O=C(NC1CCC2CN(c3ccc(Cl)cc3)CC21)[C@@H]1C[C@@H](F)CN1. The first kappa shape index (κ1) is 16.2. The van der Waals surface area contributed by atoms with E-state index < -0.39 is 6.17 Å². The monoisotopic (exact) mass is 351 g/mol. The van der Waals surface area contributed by atoms with Crippen molar-refractivity contribution in [3.8, 4) is 0 Å². The Kier molecular flexibility index (Phi) is 4.39. The summed E-state index contributed by atoms with van der Waals surface area (Å²) in [7, 11) is 0. The number of halogens is 2. The fourth-order valence-corrected chi connectivity index (χ4v) is 4.61. The minimum Gasteiger partial charge on any atom is -0.371 e. The number of hydrogen-bond donors (Lipinski definition) is 2. The summed E-state index contributed by atoms with van der Waals surface area (Å²) in [5.74, 6) is 1.06. The summed E-state index contributed by atoms with van der Waals surface area (Å²) in [5.41, 5.74) is 1.19. The van der Waals surface area contributed by atoms with Gasteiger partial charge in [-0.1, -0.05) is 11.6 Å². The van der Waals surface area contributed by atoms with Crippen LogP contribution >= 0.6 is 11.6 Å². The molecule has 0 bridgehead atoms. The number of benzene rings is 1. The molecule has 3 unspecified atom stereocenters. The molecule has 1 saturated carbocycles. The van der Waals surface area contributed by atoms with E-state index in [1.165, 1.54) is 5.69 Å². The van der Waals surface area contributed by atoms with Crippen molar-refractivity contribution in [1.82, 2.24) is 10.6 Å². The van der Waals surface area contributed by atoms with Crippen molar-refractivity contribution in [3.63, 3.8) is 0 Å². The molecule has 4 rings (SSSR count). The molecule has 1 aromatic rings. The van der Waals surface area contributed by atoms with E-state index in [1.807, 2.05) is 12.1 Å². The van der Waals surface area contributed by atoms with Crippen LogP contribution in [0.4, 0.5) is 10.1 Å². The Morgan fingerprint density at radius 1 is 1.25 bits per heavy atom. The van der Waals surface area contributed by atoms with Crippen molar-refractivity contribution in [2.75, 3.05) is 24.5 Å². The zero-order valence-electron chi connectivity index (χ0n) is 13.6. The smallest absolute Gasteiger partial charge is 0.237 e. The lowest BCUT2D eigenvalue weighted by Gasteiger charge is -2.24. The maximum absolute atomic E-state index is 13.3. The van der Waals surface area contributed by atoms with E-state index in [2.05, 4.69) is 27.7 Å². The van der Waals surface area contributed by atoms with E-state index in [-0.39, 0.29) is 18.0 Å². The number of carbonyl (C=O) groups is 1. The van der Waals surface area contributed by atoms with E-state index in [0.29, 0.717) is 24.8 Å². The van der Waals surface area contributed by atoms with Gasteiger partial charge < -0.3 is 15.5 Å². The molecule has 130 valence electrons. The highest BCUT2D eigenvalue weighted by molar-refractivity contribution is 6.30. The summed E-state index contributed by atoms with van der Waals surface area (Å²) in [6.45, 7) is 2.28. The van der Waals surface area contributed by atoms with Gasteiger partial charge in [0.1, 0.15) is 6.17 Å². The Balaban J connectivity index is 1.37. The van der Waals surface area contributed by atoms with Gasteiger partial charge in [0, 0.05) is 48.7 Å². The highest BCUT2D eigenvalue weighted by Crippen LogP contribution is 2.40. The topological polar surface area (TPSA) is 44.4 Å². The first-order valence-corrected chi connectivity index (χ1v) is 9.16. The average molecular weight is 352 g/mol. The normalized spacial score (nSPS) is 35.2. The molecule has 2 saturated heterocycles. The summed E-state index contributed by atoms with van der Waals surface area (Å²) in [6.07, 6.45) is 1.57. The van der Waals surface area contributed by atoms with Crippen molar-refractivity contribution in [2.24, 2.45) is 11.8 Å². The lowest BCUT2D eigenvalue weighted by atomic mass is 9.97. The molecule has 1 aliphatic carbocycles. The molecule has 5 atom stereocenters. The van der Waals surface area contributed by atoms with Crippen LogP contribution in [-0.4, -0.2) is 43.8 Å². The minimum atomic E-state index is -0.899. The predicted octanol–water partition coefficient (Wildman–Crippen LogP) is 2.37. The largest absolute Gasteiger partial charge is 0.371 e. The van der Waals surface area contributed by atoms with Gasteiger partial charge in [0.25, 0.3) is 0 Å². The molecular formula is C18H23ClFN3O. The Bertz CT molecular complexity index is 611. The van der Waals surface area contributed by atoms with Crippen LogP contribution in [0.3, 0.4) is 0 Å². The number of fused-ring (bicyclic) bond motifs is 1. The maximum Gasteiger partial charge on any atom is 0.237 e. The molecular weight excluding hydrogens is 329 g/mol. The summed E-state index contributed by atoms with van der Waals surface area (Å²) in [5, 5.41) is 6.90. The van der Waals surface area contributed by atoms with Crippen molar-refractivity contribution < 1.29 is 9.18 Å². The number of nitrogens with zero attached hydrogens (tertiary/aromatic N) is 1. The standard InChI is InChI=1S/C18H23ClFN3O/c19-12-2-4-14(5-3-12)23-9-11-1-6-16(15(11)10-23)22-18(24)17-7-13(20)8-21-17/h2-5,11,13,15-17,21H,1,6-10H2,(H,22,24)/t11?,13-,15?,16?,17+/m1/s1. The Labute approximate surface area is 146 Å². The molecule has 1 aromatic carbocycles. The van der Waals surface area contributed by atoms with Gasteiger partial charge in [-0.3, -0.25) is 4.79 Å². The third kappa shape index (κ3) is 3.11. The molecule has 2 N–H and O–H groups in total. The van der Waals surface area contributed by atoms with Crippen LogP contribution in [-0.2, 0) is 4.79 Å². The second kappa shape index (κ2) is 6.52. The van der Waals surface area contributed by atoms with Crippen LogP contribution < -0.4 is 15.5 Å². The number of nitrogens with one attached hydrogen (secondary N) is 2. The maximum atomic E-state index is 13.3. The van der Waals surface area contributed by atoms with Crippen molar-refractivity contribution in [2.45, 2.75) is 37.5 Å². The third-order valence-electron chi connectivity index (χ3n) is 5.77. The molecule has 1 amide bonds. The van der Waals surface area contributed by atoms with Crippen molar-refractivity contribution in [1.29, 1.82) is 0 Å². The molecule has 24 heavy (non-hydrogen) atoms. The molecule has 0 spiro atoms. The van der Waals surface area contributed by atoms with Gasteiger partial charge in [0.15, 0.2) is 0 Å². The van der Waals surface area contributed by atoms with Crippen LogP contribution in [0.25, 0.3) is 0 Å². The second-order valence-electron chi connectivity index (χ2n) is 7.29. The van der Waals surface area contributed by atoms with Gasteiger partial charge in [-0.25, -0.2) is 4.39 Å². The van der Waals surface area contributed by atoms with Crippen LogP contribution in [0, 0.1) is 11.8 Å². The van der Waals surface area contributed by atoms with Crippen LogP contribution in [0.15, 0.2) is 24.3 Å². The van der Waals surface area contributed by atoms with Gasteiger partial charge in [-0.15, -0.1) is 0 Å². The van der Waals surface area contributed by atoms with Gasteiger partial charge in [-0.2, -0.15) is 0 Å². The fraction of sp³-hybridized carbons (Fsp3) is 0.611. The van der Waals surface area contributed by atoms with Crippen LogP contribution in [0.2, 0.25) is 5.02 Å². The number of anilines is 1. The Morgan fingerprint density at radius 2 is 2.04 bits per heavy atom. The number of hydrogen-bond acceptors (Lipinski definition) is 3. The summed E-state index contributed by atoms with van der Waals surface area (Å²) in [4.78, 5) is 14.7. The lowest BCUT2D eigenvalue weighted by molar-refractivity contribution is -0.123. The van der Waals surface area contributed by atoms with Gasteiger partial charge in [0.2, 0.25) is 5.91 Å². The third-order valence-corrected chi connectivity index (χ3v) is 6.02. The predicted molar refractivity (Wildman–Crippen MR) is 93.1 cm³/mol. The molecule has 6 heteroatoms. The summed E-state index contributed by atoms with van der Waals surface area (Å²) < 4.78 is 13.3. The number of carbonyl (C=O) groups excluding carboxylic acids is 1. The molecule has 4 nitrogen and oxygen atoms in total. The zero-order chi connectivity index (χ0) is 16.7. The zero-order valence-corrected chi connectivity index (χ0v) is 14.3. The van der Waals surface area contributed by atoms with Crippen molar-refractivity contribution in [3.05, 3.63) is 29.3 Å². The first-order chi connectivity index (χ1) is 11.6. The minimum absolute atomic E-state index is 0.0363. The highest BCUT2D eigenvalue weighted by Gasteiger charge is 2.44. The molecule has 2 aliphatic heterocycles. The van der Waals surface area contributed by atoms with Gasteiger partial charge >= 0.3 is 0 Å². The molecule has 0 aromatic heterocycles. The van der Waals surface area contributed by atoms with E-state index >= 15 is 0 Å². The molecule has 2 heterocycles. The number of rotatable bonds is 3. The van der Waals surface area contributed by atoms with E-state index in [4.69, 9.17) is 11.6 Å². The van der Waals surface area contributed by atoms with Crippen LogP contribution in [0.1, 0.15) is 19.3 Å². The number of alkyl halides is 1. The second-order valence-corrected chi connectivity index (χ2v) is 7.73. The average Bonchev–Trinajstić information content (AvgIpc) is 3.25. The quantitative estimate of drug-likeness (QED) is 0.878. The molecule has 3 fully saturated rings. The van der Waals surface area contributed by atoms with Crippen LogP contribution in [0.5, 0.6) is 0 Å². The van der Waals surface area contributed by atoms with E-state index in [9.17, 15) is 9.18 Å². The van der Waals surface area contributed by atoms with Gasteiger partial charge in [-0.05, 0) is 43.0 Å².